The number of methoxy groups -OCH3 is 1. The van der Waals surface area contributed by atoms with Gasteiger partial charge < -0.3 is 39.4 Å². The molecule has 9 heteroatoms. The highest BCUT2D eigenvalue weighted by Crippen LogP contribution is 2.70. The largest absolute Gasteiger partial charge is 0.458 e. The van der Waals surface area contributed by atoms with Crippen molar-refractivity contribution in [1.29, 1.82) is 0 Å². The summed E-state index contributed by atoms with van der Waals surface area (Å²) >= 11 is 0. The van der Waals surface area contributed by atoms with Crippen LogP contribution in [0.4, 0.5) is 0 Å². The van der Waals surface area contributed by atoms with Crippen LogP contribution in [0.1, 0.15) is 72.1 Å². The second-order valence-electron chi connectivity index (χ2n) is 13.9. The number of cyclic esters (lactones) is 1. The number of rotatable bonds is 4. The van der Waals surface area contributed by atoms with Gasteiger partial charge in [0.25, 0.3) is 0 Å². The summed E-state index contributed by atoms with van der Waals surface area (Å²) in [5.41, 5.74) is -0.550. The van der Waals surface area contributed by atoms with Gasteiger partial charge in [-0.1, -0.05) is 13.8 Å². The molecule has 0 aromatic carbocycles. The van der Waals surface area contributed by atoms with Crippen LogP contribution in [0.2, 0.25) is 0 Å². The van der Waals surface area contributed by atoms with Crippen molar-refractivity contribution in [1.82, 2.24) is 0 Å². The van der Waals surface area contributed by atoms with Gasteiger partial charge in [0.2, 0.25) is 0 Å². The lowest BCUT2D eigenvalue weighted by atomic mass is 9.42. The van der Waals surface area contributed by atoms with Gasteiger partial charge in [0.15, 0.2) is 6.29 Å². The maximum Gasteiger partial charge on any atom is 0.331 e. The van der Waals surface area contributed by atoms with Crippen LogP contribution in [0.5, 0.6) is 0 Å². The molecule has 6 rings (SSSR count). The van der Waals surface area contributed by atoms with E-state index in [1.54, 1.807) is 13.0 Å². The van der Waals surface area contributed by atoms with Crippen molar-refractivity contribution in [3.8, 4) is 0 Å². The highest BCUT2D eigenvalue weighted by molar-refractivity contribution is 5.85. The van der Waals surface area contributed by atoms with Crippen LogP contribution in [0.25, 0.3) is 0 Å². The Labute approximate surface area is 230 Å². The van der Waals surface area contributed by atoms with Crippen molar-refractivity contribution in [3.63, 3.8) is 0 Å². The molecule has 14 atom stereocenters. The van der Waals surface area contributed by atoms with Crippen LogP contribution in [-0.2, 0) is 23.7 Å². The van der Waals surface area contributed by atoms with Crippen LogP contribution in [-0.4, -0.2) is 88.6 Å². The van der Waals surface area contributed by atoms with Gasteiger partial charge in [-0.25, -0.2) is 4.79 Å². The molecule has 0 spiro atoms. The molecule has 0 aromatic heterocycles. The highest BCUT2D eigenvalue weighted by Gasteiger charge is 2.70. The van der Waals surface area contributed by atoms with Crippen molar-refractivity contribution >= 4 is 5.97 Å². The Morgan fingerprint density at radius 2 is 1.82 bits per heavy atom. The van der Waals surface area contributed by atoms with Gasteiger partial charge in [-0.15, -0.1) is 0 Å². The van der Waals surface area contributed by atoms with E-state index >= 15 is 0 Å². The normalized spacial score (nSPS) is 55.3. The first-order valence-corrected chi connectivity index (χ1v) is 14.9. The molecule has 0 bridgehead atoms. The molecule has 39 heavy (non-hydrogen) atoms. The maximum absolute atomic E-state index is 12.4. The molecule has 9 nitrogen and oxygen atoms in total. The number of carbonyl (C=O) groups is 1. The summed E-state index contributed by atoms with van der Waals surface area (Å²) in [7, 11) is 1.47. The number of fused-ring (bicyclic) bond motifs is 5. The number of hydrogen-bond donors (Lipinski definition) is 4. The average Bonchev–Trinajstić information content (AvgIpc) is 3.42. The number of ether oxygens (including phenoxy) is 4. The van der Waals surface area contributed by atoms with E-state index < -0.39 is 47.8 Å². The van der Waals surface area contributed by atoms with Crippen molar-refractivity contribution in [2.75, 3.05) is 13.7 Å². The van der Waals surface area contributed by atoms with E-state index in [0.717, 1.165) is 44.1 Å². The Morgan fingerprint density at radius 3 is 2.51 bits per heavy atom. The van der Waals surface area contributed by atoms with Gasteiger partial charge in [0.05, 0.1) is 23.9 Å². The molecule has 1 saturated heterocycles. The highest BCUT2D eigenvalue weighted by atomic mass is 16.7. The maximum atomic E-state index is 12.4. The molecule has 220 valence electrons. The number of esters is 1. The first-order valence-electron chi connectivity index (χ1n) is 14.9. The topological polar surface area (TPSA) is 135 Å². The second kappa shape index (κ2) is 9.75. The smallest absolute Gasteiger partial charge is 0.331 e. The molecule has 4 aliphatic carbocycles. The molecule has 0 unspecified atom stereocenters. The van der Waals surface area contributed by atoms with E-state index in [1.807, 2.05) is 0 Å². The Kier molecular flexibility index (Phi) is 7.02. The van der Waals surface area contributed by atoms with E-state index in [2.05, 4.69) is 13.8 Å². The summed E-state index contributed by atoms with van der Waals surface area (Å²) < 4.78 is 22.7. The van der Waals surface area contributed by atoms with Crippen molar-refractivity contribution in [2.45, 2.75) is 121 Å². The Bertz CT molecular complexity index is 1000. The lowest BCUT2D eigenvalue weighted by Gasteiger charge is -2.65. The fraction of sp³-hybridized carbons (Fsp3) is 0.900. The summed E-state index contributed by atoms with van der Waals surface area (Å²) in [5, 5.41) is 45.2. The Hall–Kier alpha value is -1.07. The summed E-state index contributed by atoms with van der Waals surface area (Å²) in [5.74, 6) is 0.0523. The summed E-state index contributed by atoms with van der Waals surface area (Å²) in [6, 6.07) is 0. The van der Waals surface area contributed by atoms with Gasteiger partial charge in [0, 0.05) is 18.6 Å². The quantitative estimate of drug-likeness (QED) is 0.307. The number of aliphatic hydroxyl groups excluding tert-OH is 3. The third kappa shape index (κ3) is 4.09. The van der Waals surface area contributed by atoms with Crippen molar-refractivity contribution < 1.29 is 44.2 Å². The van der Waals surface area contributed by atoms with Crippen LogP contribution in [0.15, 0.2) is 11.6 Å². The van der Waals surface area contributed by atoms with Gasteiger partial charge in [-0.05, 0) is 93.0 Å². The number of aliphatic hydroxyl groups is 4. The van der Waals surface area contributed by atoms with Crippen molar-refractivity contribution in [3.05, 3.63) is 11.6 Å². The molecule has 4 saturated carbocycles. The van der Waals surface area contributed by atoms with E-state index in [0.29, 0.717) is 25.4 Å². The molecule has 6 aliphatic rings. The fourth-order valence-corrected chi connectivity index (χ4v) is 10.2. The Morgan fingerprint density at radius 1 is 1.05 bits per heavy atom. The molecule has 2 aliphatic heterocycles. The predicted octanol–water partition coefficient (Wildman–Crippen LogP) is 2.08. The van der Waals surface area contributed by atoms with E-state index in [1.165, 1.54) is 7.11 Å². The molecule has 0 radical (unpaired) electrons. The lowest BCUT2D eigenvalue weighted by molar-refractivity contribution is -0.314. The molecule has 5 fully saturated rings. The third-order valence-corrected chi connectivity index (χ3v) is 12.3. The summed E-state index contributed by atoms with van der Waals surface area (Å²) in [6.07, 6.45) is 3.05. The monoisotopic (exact) mass is 550 g/mol. The third-order valence-electron chi connectivity index (χ3n) is 12.3. The first kappa shape index (κ1) is 28.1. The molecule has 2 heterocycles. The summed E-state index contributed by atoms with van der Waals surface area (Å²) in [6.45, 7) is 6.46. The predicted molar refractivity (Wildman–Crippen MR) is 139 cm³/mol. The Balaban J connectivity index is 1.18. The average molecular weight is 551 g/mol. The zero-order valence-electron chi connectivity index (χ0n) is 23.6. The fourth-order valence-electron chi connectivity index (χ4n) is 10.2. The molecular weight excluding hydrogens is 504 g/mol. The molecule has 4 N–H and O–H groups in total. The van der Waals surface area contributed by atoms with Gasteiger partial charge in [0.1, 0.15) is 24.9 Å². The van der Waals surface area contributed by atoms with Crippen LogP contribution in [0, 0.1) is 34.5 Å². The SMILES string of the molecule is CO[C@@H]1[C@H](O)[C@H](O[C@@H]2CC[C@@]3(C)[C@H](CC[C@@H]4[C@@H]3[C@H](O)C[C@]3(C)[C@@H](C5=CC(=O)OC5)CC[C@@]43O)C2)O[C@H](C)[C@H]1O. The molecular formula is C30H46O9. The molecule has 0 aromatic rings. The van der Waals surface area contributed by atoms with E-state index in [-0.39, 0.29) is 35.2 Å². The van der Waals surface area contributed by atoms with Crippen molar-refractivity contribution in [2.24, 2.45) is 34.5 Å². The zero-order valence-corrected chi connectivity index (χ0v) is 23.6. The van der Waals surface area contributed by atoms with Gasteiger partial charge in [-0.2, -0.15) is 0 Å². The summed E-state index contributed by atoms with van der Waals surface area (Å²) in [4.78, 5) is 11.8. The standard InChI is InChI=1S/C30H46O9/c1-15-24(33)26(36-4)25(34)27(38-15)39-18-7-9-28(2)17(12-18)5-6-20-23(28)21(31)13-29(3)19(8-10-30(20,29)35)16-11-22(32)37-14-16/h11,15,17-21,23-27,31,33-35H,5-10,12-14H2,1-4H3/t15-,17-,18-,19-,20-,21-,23-,24-,25+,26+,27+,28+,29-,30-/m1/s1. The molecule has 0 amide bonds. The zero-order chi connectivity index (χ0) is 27.9. The first-order chi connectivity index (χ1) is 18.4. The minimum atomic E-state index is -1.08. The van der Waals surface area contributed by atoms with Gasteiger partial charge >= 0.3 is 5.97 Å². The van der Waals surface area contributed by atoms with Crippen LogP contribution < -0.4 is 0 Å². The van der Waals surface area contributed by atoms with E-state index in [9.17, 15) is 25.2 Å². The number of carbonyl (C=O) groups excluding carboxylic acids is 1. The number of hydrogen-bond acceptors (Lipinski definition) is 9. The lowest BCUT2D eigenvalue weighted by Crippen LogP contribution is -2.66. The van der Waals surface area contributed by atoms with Gasteiger partial charge in [-0.3, -0.25) is 0 Å². The minimum absolute atomic E-state index is 0.00175. The second-order valence-corrected chi connectivity index (χ2v) is 13.9. The minimum Gasteiger partial charge on any atom is -0.458 e. The van der Waals surface area contributed by atoms with Crippen LogP contribution in [0.3, 0.4) is 0 Å². The van der Waals surface area contributed by atoms with Crippen LogP contribution >= 0.6 is 0 Å². The van der Waals surface area contributed by atoms with E-state index in [4.69, 9.17) is 18.9 Å².